The molecule has 1 amide bonds. The van der Waals surface area contributed by atoms with Gasteiger partial charge in [0, 0.05) is 37.2 Å². The summed E-state index contributed by atoms with van der Waals surface area (Å²) in [6.45, 7) is 1.12. The van der Waals surface area contributed by atoms with Gasteiger partial charge in [0.25, 0.3) is 5.91 Å². The summed E-state index contributed by atoms with van der Waals surface area (Å²) < 4.78 is 12.4. The molecule has 0 aliphatic heterocycles. The number of amides is 1. The lowest BCUT2D eigenvalue weighted by Gasteiger charge is -2.11. The Balaban J connectivity index is 1.58. The molecule has 32 heavy (non-hydrogen) atoms. The standard InChI is InChI=1S/C25H24N4O3/c1-31-15-16-32-25-20(11-8-14-26-25)17-27-24(30)22-18-29(21-12-6-3-7-13-21)28-23(22)19-9-4-2-5-10-19/h2-14,18H,15-17H2,1H3,(H,27,30). The van der Waals surface area contributed by atoms with Crippen molar-refractivity contribution in [2.45, 2.75) is 6.54 Å². The summed E-state index contributed by atoms with van der Waals surface area (Å²) in [7, 11) is 1.61. The number of benzene rings is 2. The molecule has 0 atom stereocenters. The van der Waals surface area contributed by atoms with Crippen molar-refractivity contribution in [2.75, 3.05) is 20.3 Å². The predicted octanol–water partition coefficient (Wildman–Crippen LogP) is 3.89. The van der Waals surface area contributed by atoms with Gasteiger partial charge in [-0.25, -0.2) is 9.67 Å². The summed E-state index contributed by atoms with van der Waals surface area (Å²) in [5, 5.41) is 7.68. The molecular formula is C25H24N4O3. The number of hydrogen-bond acceptors (Lipinski definition) is 5. The van der Waals surface area contributed by atoms with Crippen molar-refractivity contribution in [3.8, 4) is 22.8 Å². The van der Waals surface area contributed by atoms with Crippen LogP contribution in [0.2, 0.25) is 0 Å². The Morgan fingerprint density at radius 1 is 0.969 bits per heavy atom. The number of nitrogens with zero attached hydrogens (tertiary/aromatic N) is 3. The summed E-state index contributed by atoms with van der Waals surface area (Å²) in [4.78, 5) is 17.4. The van der Waals surface area contributed by atoms with Gasteiger partial charge in [-0.2, -0.15) is 5.10 Å². The van der Waals surface area contributed by atoms with Gasteiger partial charge in [-0.15, -0.1) is 0 Å². The van der Waals surface area contributed by atoms with Crippen molar-refractivity contribution in [1.82, 2.24) is 20.1 Å². The van der Waals surface area contributed by atoms with Crippen LogP contribution in [0.4, 0.5) is 0 Å². The molecule has 0 fully saturated rings. The largest absolute Gasteiger partial charge is 0.475 e. The number of carbonyl (C=O) groups excluding carboxylic acids is 1. The Bertz CT molecular complexity index is 1160. The zero-order valence-corrected chi connectivity index (χ0v) is 17.8. The van der Waals surface area contributed by atoms with Gasteiger partial charge < -0.3 is 14.8 Å². The Morgan fingerprint density at radius 3 is 2.47 bits per heavy atom. The minimum atomic E-state index is -0.224. The van der Waals surface area contributed by atoms with Crippen LogP contribution in [0.5, 0.6) is 5.88 Å². The van der Waals surface area contributed by atoms with E-state index in [4.69, 9.17) is 14.6 Å². The maximum Gasteiger partial charge on any atom is 0.255 e. The maximum atomic E-state index is 13.2. The molecular weight excluding hydrogens is 404 g/mol. The fraction of sp³-hybridized carbons (Fsp3) is 0.160. The smallest absolute Gasteiger partial charge is 0.255 e. The van der Waals surface area contributed by atoms with Crippen molar-refractivity contribution in [2.24, 2.45) is 0 Å². The first-order valence-electron chi connectivity index (χ1n) is 10.3. The van der Waals surface area contributed by atoms with Gasteiger partial charge in [0.2, 0.25) is 5.88 Å². The first kappa shape index (κ1) is 21.3. The van der Waals surface area contributed by atoms with Gasteiger partial charge in [0.15, 0.2) is 0 Å². The molecule has 2 heterocycles. The molecule has 7 heteroatoms. The van der Waals surface area contributed by atoms with Crippen LogP contribution in [0.3, 0.4) is 0 Å². The van der Waals surface area contributed by atoms with Crippen LogP contribution >= 0.6 is 0 Å². The highest BCUT2D eigenvalue weighted by atomic mass is 16.5. The van der Waals surface area contributed by atoms with E-state index in [1.807, 2.05) is 72.8 Å². The van der Waals surface area contributed by atoms with Crippen molar-refractivity contribution in [3.63, 3.8) is 0 Å². The van der Waals surface area contributed by atoms with E-state index in [-0.39, 0.29) is 12.5 Å². The molecule has 2 aromatic heterocycles. The van der Waals surface area contributed by atoms with E-state index in [2.05, 4.69) is 10.3 Å². The summed E-state index contributed by atoms with van der Waals surface area (Å²) >= 11 is 0. The van der Waals surface area contributed by atoms with Crippen LogP contribution in [0.25, 0.3) is 16.9 Å². The third-order valence-corrected chi connectivity index (χ3v) is 4.84. The molecule has 1 N–H and O–H groups in total. The van der Waals surface area contributed by atoms with Crippen LogP contribution in [-0.4, -0.2) is 41.0 Å². The number of aromatic nitrogens is 3. The SMILES string of the molecule is COCCOc1ncccc1CNC(=O)c1cn(-c2ccccc2)nc1-c1ccccc1. The predicted molar refractivity (Wildman–Crippen MR) is 122 cm³/mol. The summed E-state index contributed by atoms with van der Waals surface area (Å²) in [5.74, 6) is 0.255. The Labute approximate surface area is 186 Å². The summed E-state index contributed by atoms with van der Waals surface area (Å²) in [6, 6.07) is 23.1. The molecule has 0 radical (unpaired) electrons. The zero-order valence-electron chi connectivity index (χ0n) is 17.8. The van der Waals surface area contributed by atoms with E-state index in [0.717, 1.165) is 16.8 Å². The number of para-hydroxylation sites is 1. The fourth-order valence-electron chi connectivity index (χ4n) is 3.24. The molecule has 7 nitrogen and oxygen atoms in total. The van der Waals surface area contributed by atoms with Crippen molar-refractivity contribution in [1.29, 1.82) is 0 Å². The minimum absolute atomic E-state index is 0.224. The normalized spacial score (nSPS) is 10.7. The van der Waals surface area contributed by atoms with Crippen LogP contribution in [-0.2, 0) is 11.3 Å². The minimum Gasteiger partial charge on any atom is -0.475 e. The van der Waals surface area contributed by atoms with Gasteiger partial charge in [-0.1, -0.05) is 54.6 Å². The first-order valence-corrected chi connectivity index (χ1v) is 10.3. The monoisotopic (exact) mass is 428 g/mol. The van der Waals surface area contributed by atoms with E-state index < -0.39 is 0 Å². The van der Waals surface area contributed by atoms with Crippen LogP contribution in [0.1, 0.15) is 15.9 Å². The Morgan fingerprint density at radius 2 is 1.72 bits per heavy atom. The highest BCUT2D eigenvalue weighted by molar-refractivity contribution is 5.99. The van der Waals surface area contributed by atoms with E-state index in [1.165, 1.54) is 0 Å². The summed E-state index contributed by atoms with van der Waals surface area (Å²) in [6.07, 6.45) is 3.41. The van der Waals surface area contributed by atoms with Crippen molar-refractivity contribution in [3.05, 3.63) is 96.3 Å². The second-order valence-corrected chi connectivity index (χ2v) is 7.03. The van der Waals surface area contributed by atoms with Gasteiger partial charge in [-0.3, -0.25) is 4.79 Å². The second-order valence-electron chi connectivity index (χ2n) is 7.03. The summed E-state index contributed by atoms with van der Waals surface area (Å²) in [5.41, 5.74) is 3.65. The fourth-order valence-corrected chi connectivity index (χ4v) is 3.24. The molecule has 0 saturated carbocycles. The molecule has 2 aromatic carbocycles. The van der Waals surface area contributed by atoms with Gasteiger partial charge in [0.1, 0.15) is 12.3 Å². The Hall–Kier alpha value is -3.97. The average molecular weight is 428 g/mol. The van der Waals surface area contributed by atoms with Gasteiger partial charge >= 0.3 is 0 Å². The lowest BCUT2D eigenvalue weighted by molar-refractivity contribution is 0.0950. The van der Waals surface area contributed by atoms with Crippen molar-refractivity contribution >= 4 is 5.91 Å². The highest BCUT2D eigenvalue weighted by Crippen LogP contribution is 2.24. The lowest BCUT2D eigenvalue weighted by Crippen LogP contribution is -2.23. The van der Waals surface area contributed by atoms with Gasteiger partial charge in [-0.05, 0) is 18.2 Å². The first-order chi connectivity index (χ1) is 15.8. The zero-order chi connectivity index (χ0) is 22.2. The number of rotatable bonds is 9. The van der Waals surface area contributed by atoms with Gasteiger partial charge in [0.05, 0.1) is 17.9 Å². The number of hydrogen-bond donors (Lipinski definition) is 1. The lowest BCUT2D eigenvalue weighted by atomic mass is 10.1. The number of carbonyl (C=O) groups is 1. The van der Waals surface area contributed by atoms with Crippen LogP contribution < -0.4 is 10.1 Å². The Kier molecular flexibility index (Phi) is 6.89. The highest BCUT2D eigenvalue weighted by Gasteiger charge is 2.19. The molecule has 0 aliphatic carbocycles. The molecule has 0 bridgehead atoms. The maximum absolute atomic E-state index is 13.2. The van der Waals surface area contributed by atoms with E-state index in [9.17, 15) is 4.79 Å². The number of nitrogens with one attached hydrogen (secondary N) is 1. The molecule has 162 valence electrons. The van der Waals surface area contributed by atoms with Crippen LogP contribution in [0.15, 0.2) is 85.2 Å². The quantitative estimate of drug-likeness (QED) is 0.409. The number of pyridine rings is 1. The third kappa shape index (κ3) is 5.01. The second kappa shape index (κ2) is 10.4. The van der Waals surface area contributed by atoms with E-state index in [0.29, 0.717) is 30.4 Å². The molecule has 0 aliphatic rings. The van der Waals surface area contributed by atoms with Crippen molar-refractivity contribution < 1.29 is 14.3 Å². The van der Waals surface area contributed by atoms with E-state index in [1.54, 1.807) is 24.2 Å². The number of methoxy groups -OCH3 is 1. The molecule has 4 aromatic rings. The molecule has 4 rings (SSSR count). The van der Waals surface area contributed by atoms with Crippen LogP contribution in [0, 0.1) is 0 Å². The average Bonchev–Trinajstić information content (AvgIpc) is 3.30. The van der Waals surface area contributed by atoms with E-state index >= 15 is 0 Å². The molecule has 0 saturated heterocycles. The third-order valence-electron chi connectivity index (χ3n) is 4.84. The number of ether oxygens (including phenoxy) is 2. The topological polar surface area (TPSA) is 78.3 Å². The molecule has 0 unspecified atom stereocenters. The molecule has 0 spiro atoms.